The SMILES string of the molecule is CN(CC(F)(F)F)C(C)(C)C(=O)O. The average molecular weight is 199 g/mol. The molecule has 0 saturated heterocycles. The molecule has 3 nitrogen and oxygen atoms in total. The summed E-state index contributed by atoms with van der Waals surface area (Å²) < 4.78 is 35.6. The second-order valence-corrected chi connectivity index (χ2v) is 3.34. The van der Waals surface area contributed by atoms with Crippen molar-refractivity contribution >= 4 is 5.97 Å². The van der Waals surface area contributed by atoms with Gasteiger partial charge in [-0.3, -0.25) is 9.69 Å². The van der Waals surface area contributed by atoms with Crippen LogP contribution in [-0.4, -0.2) is 41.3 Å². The van der Waals surface area contributed by atoms with Crippen LogP contribution in [0.1, 0.15) is 13.8 Å². The molecule has 0 atom stereocenters. The van der Waals surface area contributed by atoms with Crippen LogP contribution < -0.4 is 0 Å². The van der Waals surface area contributed by atoms with Crippen molar-refractivity contribution in [1.29, 1.82) is 0 Å². The van der Waals surface area contributed by atoms with E-state index in [9.17, 15) is 18.0 Å². The van der Waals surface area contributed by atoms with Gasteiger partial charge >= 0.3 is 12.1 Å². The number of hydrogen-bond donors (Lipinski definition) is 1. The van der Waals surface area contributed by atoms with Crippen molar-refractivity contribution in [3.8, 4) is 0 Å². The molecule has 0 aliphatic heterocycles. The summed E-state index contributed by atoms with van der Waals surface area (Å²) in [6, 6.07) is 0. The summed E-state index contributed by atoms with van der Waals surface area (Å²) in [5.41, 5.74) is -1.50. The van der Waals surface area contributed by atoms with Gasteiger partial charge in [-0.2, -0.15) is 13.2 Å². The number of hydrogen-bond acceptors (Lipinski definition) is 2. The van der Waals surface area contributed by atoms with Gasteiger partial charge in [0, 0.05) is 0 Å². The van der Waals surface area contributed by atoms with Crippen molar-refractivity contribution in [1.82, 2.24) is 4.90 Å². The summed E-state index contributed by atoms with van der Waals surface area (Å²) >= 11 is 0. The Kier molecular flexibility index (Phi) is 3.32. The third kappa shape index (κ3) is 3.63. The monoisotopic (exact) mass is 199 g/mol. The smallest absolute Gasteiger partial charge is 0.401 e. The highest BCUT2D eigenvalue weighted by molar-refractivity contribution is 5.77. The topological polar surface area (TPSA) is 40.5 Å². The summed E-state index contributed by atoms with van der Waals surface area (Å²) in [4.78, 5) is 11.3. The van der Waals surface area contributed by atoms with Crippen LogP contribution in [-0.2, 0) is 4.79 Å². The highest BCUT2D eigenvalue weighted by atomic mass is 19.4. The normalized spacial score (nSPS) is 13.5. The molecule has 0 fully saturated rings. The van der Waals surface area contributed by atoms with E-state index >= 15 is 0 Å². The van der Waals surface area contributed by atoms with E-state index in [2.05, 4.69) is 0 Å². The van der Waals surface area contributed by atoms with Crippen molar-refractivity contribution in [3.63, 3.8) is 0 Å². The molecule has 0 spiro atoms. The van der Waals surface area contributed by atoms with Crippen molar-refractivity contribution in [2.24, 2.45) is 0 Å². The van der Waals surface area contributed by atoms with Crippen molar-refractivity contribution in [2.75, 3.05) is 13.6 Å². The van der Waals surface area contributed by atoms with Crippen LogP contribution in [0.5, 0.6) is 0 Å². The number of aliphatic carboxylic acids is 1. The molecule has 78 valence electrons. The second-order valence-electron chi connectivity index (χ2n) is 3.34. The minimum Gasteiger partial charge on any atom is -0.480 e. The third-order valence-corrected chi connectivity index (χ3v) is 1.89. The van der Waals surface area contributed by atoms with E-state index in [1.54, 1.807) is 0 Å². The summed E-state index contributed by atoms with van der Waals surface area (Å²) in [5, 5.41) is 8.60. The molecular formula is C7H12F3NO2. The number of likely N-dealkylation sites (N-methyl/N-ethyl adjacent to an activating group) is 1. The molecule has 0 aliphatic carbocycles. The molecule has 6 heteroatoms. The molecular weight excluding hydrogens is 187 g/mol. The van der Waals surface area contributed by atoms with Crippen LogP contribution in [0.3, 0.4) is 0 Å². The molecule has 0 aromatic heterocycles. The molecule has 1 N–H and O–H groups in total. The van der Waals surface area contributed by atoms with Gasteiger partial charge in [-0.1, -0.05) is 0 Å². The van der Waals surface area contributed by atoms with E-state index in [-0.39, 0.29) is 0 Å². The molecule has 0 aromatic rings. The maximum absolute atomic E-state index is 11.9. The molecule has 0 radical (unpaired) electrons. The standard InChI is InChI=1S/C7H12F3NO2/c1-6(2,5(12)13)11(3)4-7(8,9)10/h4H2,1-3H3,(H,12,13). The lowest BCUT2D eigenvalue weighted by Crippen LogP contribution is -2.51. The van der Waals surface area contributed by atoms with Crippen LogP contribution in [0.4, 0.5) is 13.2 Å². The number of carbonyl (C=O) groups is 1. The van der Waals surface area contributed by atoms with Gasteiger partial charge in [0.25, 0.3) is 0 Å². The zero-order valence-electron chi connectivity index (χ0n) is 7.64. The Morgan fingerprint density at radius 1 is 1.38 bits per heavy atom. The highest BCUT2D eigenvalue weighted by Gasteiger charge is 2.39. The Bertz CT molecular complexity index is 200. The molecule has 0 aliphatic rings. The lowest BCUT2D eigenvalue weighted by molar-refractivity contribution is -0.167. The Balaban J connectivity index is 4.43. The largest absolute Gasteiger partial charge is 0.480 e. The van der Waals surface area contributed by atoms with E-state index in [0.717, 1.165) is 11.9 Å². The lowest BCUT2D eigenvalue weighted by Gasteiger charge is -2.31. The number of nitrogens with zero attached hydrogens (tertiary/aromatic N) is 1. The molecule has 0 aromatic carbocycles. The van der Waals surface area contributed by atoms with E-state index in [4.69, 9.17) is 5.11 Å². The van der Waals surface area contributed by atoms with Crippen molar-refractivity contribution in [2.45, 2.75) is 25.6 Å². The van der Waals surface area contributed by atoms with Crippen LogP contribution in [0.2, 0.25) is 0 Å². The fourth-order valence-corrected chi connectivity index (χ4v) is 0.630. The predicted molar refractivity (Wildman–Crippen MR) is 40.4 cm³/mol. The average Bonchev–Trinajstić information content (AvgIpc) is 1.82. The van der Waals surface area contributed by atoms with Gasteiger partial charge in [-0.05, 0) is 20.9 Å². The molecule has 0 heterocycles. The molecule has 13 heavy (non-hydrogen) atoms. The third-order valence-electron chi connectivity index (χ3n) is 1.89. The van der Waals surface area contributed by atoms with E-state index < -0.39 is 24.2 Å². The highest BCUT2D eigenvalue weighted by Crippen LogP contribution is 2.21. The molecule has 0 amide bonds. The molecule has 0 rings (SSSR count). The van der Waals surface area contributed by atoms with Gasteiger partial charge in [0.05, 0.1) is 6.54 Å². The fourth-order valence-electron chi connectivity index (χ4n) is 0.630. The molecule has 0 saturated carbocycles. The van der Waals surface area contributed by atoms with Gasteiger partial charge in [0.15, 0.2) is 0 Å². The minimum absolute atomic E-state index is 0.745. The first-order valence-electron chi connectivity index (χ1n) is 3.59. The van der Waals surface area contributed by atoms with Gasteiger partial charge in [-0.15, -0.1) is 0 Å². The minimum atomic E-state index is -4.37. The Morgan fingerprint density at radius 3 is 2.00 bits per heavy atom. The van der Waals surface area contributed by atoms with E-state index in [0.29, 0.717) is 0 Å². The van der Waals surface area contributed by atoms with Crippen molar-refractivity contribution < 1.29 is 23.1 Å². The number of halogens is 3. The fraction of sp³-hybridized carbons (Fsp3) is 0.857. The Labute approximate surface area is 74.1 Å². The number of rotatable bonds is 3. The summed E-state index contributed by atoms with van der Waals surface area (Å²) in [6.45, 7) is 1.22. The quantitative estimate of drug-likeness (QED) is 0.745. The summed E-state index contributed by atoms with van der Waals surface area (Å²) in [6.07, 6.45) is -4.37. The van der Waals surface area contributed by atoms with Crippen LogP contribution in [0.15, 0.2) is 0 Å². The number of alkyl halides is 3. The maximum atomic E-state index is 11.9. The lowest BCUT2D eigenvalue weighted by atomic mass is 10.0. The Morgan fingerprint density at radius 2 is 1.77 bits per heavy atom. The zero-order chi connectivity index (χ0) is 10.9. The first-order chi connectivity index (χ1) is 5.57. The first-order valence-corrected chi connectivity index (χ1v) is 3.59. The molecule has 0 bridgehead atoms. The zero-order valence-corrected chi connectivity index (χ0v) is 7.64. The maximum Gasteiger partial charge on any atom is 0.401 e. The molecule has 0 unspecified atom stereocenters. The number of carboxylic acids is 1. The van der Waals surface area contributed by atoms with Gasteiger partial charge in [0.2, 0.25) is 0 Å². The number of carboxylic acid groups (broad SMARTS) is 1. The van der Waals surface area contributed by atoms with E-state index in [1.807, 2.05) is 0 Å². The van der Waals surface area contributed by atoms with Crippen LogP contribution in [0.25, 0.3) is 0 Å². The van der Waals surface area contributed by atoms with E-state index in [1.165, 1.54) is 13.8 Å². The van der Waals surface area contributed by atoms with Gasteiger partial charge < -0.3 is 5.11 Å². The van der Waals surface area contributed by atoms with Gasteiger partial charge in [-0.25, -0.2) is 0 Å². The Hall–Kier alpha value is -0.780. The van der Waals surface area contributed by atoms with Gasteiger partial charge in [0.1, 0.15) is 5.54 Å². The van der Waals surface area contributed by atoms with Crippen molar-refractivity contribution in [3.05, 3.63) is 0 Å². The second kappa shape index (κ2) is 3.53. The predicted octanol–water partition coefficient (Wildman–Crippen LogP) is 1.34. The van der Waals surface area contributed by atoms with Crippen LogP contribution in [0, 0.1) is 0 Å². The van der Waals surface area contributed by atoms with Crippen LogP contribution >= 0.6 is 0 Å². The summed E-state index contributed by atoms with van der Waals surface area (Å²) in [7, 11) is 1.13. The first kappa shape index (κ1) is 12.2. The summed E-state index contributed by atoms with van der Waals surface area (Å²) in [5.74, 6) is -1.28.